The first kappa shape index (κ1) is 27.8. The highest BCUT2D eigenvalue weighted by Gasteiger charge is 2.73. The van der Waals surface area contributed by atoms with Crippen molar-refractivity contribution in [3.63, 3.8) is 0 Å². The quantitative estimate of drug-likeness (QED) is 0.264. The number of anilines is 2. The molecule has 0 bridgehead atoms. The van der Waals surface area contributed by atoms with Crippen molar-refractivity contribution in [1.82, 2.24) is 0 Å². The van der Waals surface area contributed by atoms with Gasteiger partial charge in [-0.05, 0) is 40.2 Å². The van der Waals surface area contributed by atoms with Crippen LogP contribution < -0.4 is 9.24 Å². The molecule has 0 unspecified atom stereocenters. The van der Waals surface area contributed by atoms with E-state index in [2.05, 4.69) is 37.4 Å². The van der Waals surface area contributed by atoms with Crippen molar-refractivity contribution in [3.05, 3.63) is 57.8 Å². The predicted octanol–water partition coefficient (Wildman–Crippen LogP) is 6.72. The molecule has 0 aromatic heterocycles. The SMILES string of the molecule is O=C(O)CCNc1cccc(C(=O)N(Br)c2ccc(C(F)(C(F)(F)F)C(F)(F)F)cc2Br)c1F. The van der Waals surface area contributed by atoms with E-state index < -0.39 is 51.3 Å². The van der Waals surface area contributed by atoms with Crippen molar-refractivity contribution in [2.75, 3.05) is 15.8 Å². The van der Waals surface area contributed by atoms with E-state index in [9.17, 15) is 44.7 Å². The van der Waals surface area contributed by atoms with Crippen molar-refractivity contribution >= 4 is 55.3 Å². The first-order valence-electron chi connectivity index (χ1n) is 8.89. The van der Waals surface area contributed by atoms with Crippen LogP contribution >= 0.6 is 32.1 Å². The van der Waals surface area contributed by atoms with Gasteiger partial charge in [-0.25, -0.2) is 12.7 Å². The summed E-state index contributed by atoms with van der Waals surface area (Å²) >= 11 is 5.48. The molecule has 15 heteroatoms. The molecule has 186 valence electrons. The number of aliphatic carboxylic acids is 1. The van der Waals surface area contributed by atoms with E-state index in [1.165, 1.54) is 12.1 Å². The molecule has 0 aliphatic carbocycles. The fourth-order valence-corrected chi connectivity index (χ4v) is 4.02. The summed E-state index contributed by atoms with van der Waals surface area (Å²) in [7, 11) is 0. The zero-order valence-electron chi connectivity index (χ0n) is 16.4. The number of carboxylic acid groups (broad SMARTS) is 1. The summed E-state index contributed by atoms with van der Waals surface area (Å²) in [6.07, 6.45) is -13.0. The molecular formula is C19H12Br2F8N2O3. The number of carboxylic acids is 1. The first-order valence-corrected chi connectivity index (χ1v) is 10.4. The Morgan fingerprint density at radius 2 is 1.59 bits per heavy atom. The highest BCUT2D eigenvalue weighted by Crippen LogP contribution is 2.54. The number of nitrogens with zero attached hydrogens (tertiary/aromatic N) is 1. The van der Waals surface area contributed by atoms with Crippen LogP contribution in [0.5, 0.6) is 0 Å². The topological polar surface area (TPSA) is 69.6 Å². The molecule has 0 aliphatic heterocycles. The molecule has 0 heterocycles. The minimum atomic E-state index is -6.33. The second kappa shape index (κ2) is 10.1. The summed E-state index contributed by atoms with van der Waals surface area (Å²) in [6.45, 7) is -0.168. The van der Waals surface area contributed by atoms with Gasteiger partial charge in [-0.15, -0.1) is 0 Å². The lowest BCUT2D eigenvalue weighted by Gasteiger charge is -2.30. The van der Waals surface area contributed by atoms with Crippen molar-refractivity contribution in [3.8, 4) is 0 Å². The number of halogens is 10. The summed E-state index contributed by atoms with van der Waals surface area (Å²) in [6, 6.07) is 4.51. The summed E-state index contributed by atoms with van der Waals surface area (Å²) in [5.74, 6) is -3.37. The van der Waals surface area contributed by atoms with Gasteiger partial charge in [0.2, 0.25) is 0 Å². The Hall–Kier alpha value is -2.42. The van der Waals surface area contributed by atoms with Gasteiger partial charge in [-0.1, -0.05) is 12.1 Å². The molecule has 0 saturated heterocycles. The molecule has 0 atom stereocenters. The number of alkyl halides is 7. The van der Waals surface area contributed by atoms with Crippen molar-refractivity contribution in [2.24, 2.45) is 0 Å². The van der Waals surface area contributed by atoms with E-state index in [1.807, 2.05) is 0 Å². The van der Waals surface area contributed by atoms with Crippen molar-refractivity contribution in [1.29, 1.82) is 0 Å². The lowest BCUT2D eigenvalue weighted by molar-refractivity contribution is -0.348. The number of amides is 1. The number of benzene rings is 2. The normalized spacial score (nSPS) is 12.4. The Labute approximate surface area is 203 Å². The van der Waals surface area contributed by atoms with Crippen LogP contribution in [-0.2, 0) is 10.5 Å². The van der Waals surface area contributed by atoms with E-state index >= 15 is 0 Å². The smallest absolute Gasteiger partial charge is 0.435 e. The second-order valence-electron chi connectivity index (χ2n) is 6.64. The standard InChI is InChI=1S/C19H12Br2F8N2O3/c20-11-8-9(17(23,18(24,25)26)19(27,28)29)4-5-13(11)31(21)16(34)10-2-1-3-12(15(10)22)30-7-6-14(32)33/h1-5,8,30H,6-7H2,(H,32,33). The van der Waals surface area contributed by atoms with Crippen LogP contribution in [0.2, 0.25) is 0 Å². The largest absolute Gasteiger partial charge is 0.481 e. The third-order valence-electron chi connectivity index (χ3n) is 4.40. The lowest BCUT2D eigenvalue weighted by Crippen LogP contribution is -2.50. The second-order valence-corrected chi connectivity index (χ2v) is 8.21. The Morgan fingerprint density at radius 3 is 2.09 bits per heavy atom. The molecular weight excluding hydrogens is 616 g/mol. The van der Waals surface area contributed by atoms with Gasteiger partial charge in [0.15, 0.2) is 5.82 Å². The van der Waals surface area contributed by atoms with Crippen molar-refractivity contribution < 1.29 is 49.8 Å². The molecule has 2 aromatic rings. The molecule has 0 saturated carbocycles. The number of nitrogens with one attached hydrogen (secondary N) is 1. The average Bonchev–Trinajstić information content (AvgIpc) is 2.71. The lowest BCUT2D eigenvalue weighted by atomic mass is 9.94. The van der Waals surface area contributed by atoms with Crippen LogP contribution in [0, 0.1) is 5.82 Å². The van der Waals surface area contributed by atoms with Crippen molar-refractivity contribution in [2.45, 2.75) is 24.4 Å². The molecule has 5 nitrogen and oxygen atoms in total. The number of carbonyl (C=O) groups is 2. The molecule has 0 aliphatic rings. The van der Waals surface area contributed by atoms with Crippen LogP contribution in [0.3, 0.4) is 0 Å². The maximum Gasteiger partial charge on any atom is 0.435 e. The molecule has 0 fully saturated rings. The van der Waals surface area contributed by atoms with Gasteiger partial charge in [0.1, 0.15) is 0 Å². The van der Waals surface area contributed by atoms with Crippen LogP contribution in [0.1, 0.15) is 22.3 Å². The van der Waals surface area contributed by atoms with E-state index in [0.29, 0.717) is 9.99 Å². The van der Waals surface area contributed by atoms with Gasteiger partial charge < -0.3 is 10.4 Å². The molecule has 2 N–H and O–H groups in total. The van der Waals surface area contributed by atoms with Gasteiger partial charge in [-0.2, -0.15) is 26.3 Å². The minimum Gasteiger partial charge on any atom is -0.481 e. The molecule has 34 heavy (non-hydrogen) atoms. The van der Waals surface area contributed by atoms with Crippen LogP contribution in [0.4, 0.5) is 46.5 Å². The van der Waals surface area contributed by atoms with E-state index in [0.717, 1.165) is 6.07 Å². The summed E-state index contributed by atoms with van der Waals surface area (Å²) in [4.78, 5) is 23.3. The fraction of sp³-hybridized carbons (Fsp3) is 0.263. The summed E-state index contributed by atoms with van der Waals surface area (Å²) in [5.41, 5.74) is -8.61. The van der Waals surface area contributed by atoms with Gasteiger partial charge in [-0.3, -0.25) is 9.59 Å². The van der Waals surface area contributed by atoms with Crippen LogP contribution in [0.15, 0.2) is 40.9 Å². The Bertz CT molecular complexity index is 1080. The number of hydrogen-bond donors (Lipinski definition) is 2. The molecule has 2 aromatic carbocycles. The van der Waals surface area contributed by atoms with Gasteiger partial charge in [0.25, 0.3) is 5.91 Å². The maximum absolute atomic E-state index is 14.7. The predicted molar refractivity (Wildman–Crippen MR) is 112 cm³/mol. The maximum atomic E-state index is 14.7. The van der Waals surface area contributed by atoms with E-state index in [4.69, 9.17) is 5.11 Å². The number of hydrogen-bond acceptors (Lipinski definition) is 3. The molecule has 2 rings (SSSR count). The highest BCUT2D eigenvalue weighted by molar-refractivity contribution is 9.11. The van der Waals surface area contributed by atoms with Crippen LogP contribution in [0.25, 0.3) is 0 Å². The Balaban J connectivity index is 2.40. The van der Waals surface area contributed by atoms with Gasteiger partial charge >= 0.3 is 24.0 Å². The zero-order valence-corrected chi connectivity index (χ0v) is 19.5. The number of carbonyl (C=O) groups excluding carboxylic acids is 1. The van der Waals surface area contributed by atoms with E-state index in [1.54, 1.807) is 0 Å². The third kappa shape index (κ3) is 5.45. The third-order valence-corrected chi connectivity index (χ3v) is 5.74. The Kier molecular flexibility index (Phi) is 8.23. The van der Waals surface area contributed by atoms with Gasteiger partial charge in [0.05, 0.1) is 39.5 Å². The summed E-state index contributed by atoms with van der Waals surface area (Å²) in [5, 5.41) is 11.1. The Morgan fingerprint density at radius 1 is 1.00 bits per heavy atom. The number of rotatable bonds is 7. The molecule has 0 spiro atoms. The van der Waals surface area contributed by atoms with Gasteiger partial charge in [0, 0.05) is 16.6 Å². The fourth-order valence-electron chi connectivity index (χ4n) is 2.72. The average molecular weight is 628 g/mol. The summed E-state index contributed by atoms with van der Waals surface area (Å²) < 4.78 is 107. The van der Waals surface area contributed by atoms with E-state index in [-0.39, 0.29) is 36.5 Å². The zero-order chi connectivity index (χ0) is 26.1. The highest BCUT2D eigenvalue weighted by atomic mass is 79.9. The first-order chi connectivity index (χ1) is 15.5. The minimum absolute atomic E-state index is 0.168. The monoisotopic (exact) mass is 626 g/mol. The molecule has 0 radical (unpaired) electrons. The molecule has 1 amide bonds. The van der Waals surface area contributed by atoms with Crippen LogP contribution in [-0.4, -0.2) is 35.9 Å².